The number of benzene rings is 3. The number of nitrogens with zero attached hydrogens (tertiary/aromatic N) is 1. The van der Waals surface area contributed by atoms with Gasteiger partial charge in [-0.05, 0) is 66.6 Å². The summed E-state index contributed by atoms with van der Waals surface area (Å²) in [5, 5.41) is 3.88. The average molecular weight is 456 g/mol. The number of H-pyrrole nitrogens is 1. The highest BCUT2D eigenvalue weighted by Gasteiger charge is 2.18. The molecular weight excluding hydrogens is 426 g/mol. The molecule has 4 rings (SSSR count). The molecule has 0 radical (unpaired) electrons. The van der Waals surface area contributed by atoms with E-state index in [1.807, 2.05) is 55.5 Å². The maximum Gasteiger partial charge on any atom is 0.322 e. The number of anilines is 1. The minimum absolute atomic E-state index is 0.187. The number of fused-ring (bicyclic) bond motifs is 1. The van der Waals surface area contributed by atoms with Crippen molar-refractivity contribution >= 4 is 22.6 Å². The monoisotopic (exact) mass is 455 g/mol. The maximum absolute atomic E-state index is 13.4. The number of urea groups is 1. The number of hydrogen-bond acceptors (Lipinski definition) is 3. The normalized spacial score (nSPS) is 10.8. The molecule has 0 aliphatic carbocycles. The highest BCUT2D eigenvalue weighted by molar-refractivity contribution is 5.91. The van der Waals surface area contributed by atoms with E-state index in [-0.39, 0.29) is 18.1 Å². The molecule has 6 heteroatoms. The van der Waals surface area contributed by atoms with Crippen molar-refractivity contribution in [2.45, 2.75) is 26.8 Å². The van der Waals surface area contributed by atoms with Crippen molar-refractivity contribution in [1.29, 1.82) is 0 Å². The number of ether oxygens (including phenoxy) is 1. The first-order valence-electron chi connectivity index (χ1n) is 11.3. The van der Waals surface area contributed by atoms with Gasteiger partial charge in [0.25, 0.3) is 5.56 Å². The summed E-state index contributed by atoms with van der Waals surface area (Å²) in [4.78, 5) is 30.8. The van der Waals surface area contributed by atoms with Crippen LogP contribution in [0.5, 0.6) is 5.75 Å². The molecule has 6 nitrogen and oxygen atoms in total. The van der Waals surface area contributed by atoms with Gasteiger partial charge in [0.15, 0.2) is 0 Å². The minimum Gasteiger partial charge on any atom is -0.495 e. The number of aromatic amines is 1. The number of nitrogens with one attached hydrogen (secondary N) is 2. The summed E-state index contributed by atoms with van der Waals surface area (Å²) in [6.45, 7) is 4.69. The van der Waals surface area contributed by atoms with Crippen LogP contribution in [-0.4, -0.2) is 29.6 Å². The highest BCUT2D eigenvalue weighted by Crippen LogP contribution is 2.24. The summed E-state index contributed by atoms with van der Waals surface area (Å²) in [5.41, 5.74) is 5.14. The van der Waals surface area contributed by atoms with Gasteiger partial charge in [0, 0.05) is 17.6 Å². The summed E-state index contributed by atoms with van der Waals surface area (Å²) < 4.78 is 5.38. The first-order chi connectivity index (χ1) is 16.4. The molecule has 0 fully saturated rings. The number of amides is 2. The molecule has 0 saturated carbocycles. The van der Waals surface area contributed by atoms with Crippen molar-refractivity contribution in [2.24, 2.45) is 0 Å². The zero-order valence-electron chi connectivity index (χ0n) is 19.7. The van der Waals surface area contributed by atoms with Gasteiger partial charge >= 0.3 is 6.03 Å². The number of aryl methyl sites for hydroxylation is 2. The van der Waals surface area contributed by atoms with Crippen LogP contribution in [-0.2, 0) is 13.0 Å². The van der Waals surface area contributed by atoms with E-state index in [1.165, 1.54) is 11.1 Å². The molecule has 174 valence electrons. The first-order valence-corrected chi connectivity index (χ1v) is 11.3. The van der Waals surface area contributed by atoms with Crippen LogP contribution in [0.15, 0.2) is 77.6 Å². The highest BCUT2D eigenvalue weighted by atomic mass is 16.5. The lowest BCUT2D eigenvalue weighted by atomic mass is 10.1. The molecule has 0 aliphatic rings. The average Bonchev–Trinajstić information content (AvgIpc) is 2.83. The van der Waals surface area contributed by atoms with Gasteiger partial charge in [-0.3, -0.25) is 4.79 Å². The van der Waals surface area contributed by atoms with Crippen molar-refractivity contribution in [1.82, 2.24) is 9.88 Å². The number of para-hydroxylation sites is 2. The van der Waals surface area contributed by atoms with E-state index in [9.17, 15) is 9.59 Å². The molecule has 0 bridgehead atoms. The molecule has 0 aliphatic heterocycles. The third-order valence-electron chi connectivity index (χ3n) is 5.99. The predicted molar refractivity (Wildman–Crippen MR) is 137 cm³/mol. The van der Waals surface area contributed by atoms with E-state index >= 15 is 0 Å². The van der Waals surface area contributed by atoms with Crippen LogP contribution in [0.4, 0.5) is 10.5 Å². The summed E-state index contributed by atoms with van der Waals surface area (Å²) in [6.07, 6.45) is 0.677. The van der Waals surface area contributed by atoms with Crippen molar-refractivity contribution in [3.8, 4) is 5.75 Å². The Labute approximate surface area is 199 Å². The van der Waals surface area contributed by atoms with E-state index in [0.717, 1.165) is 16.5 Å². The van der Waals surface area contributed by atoms with Gasteiger partial charge in [-0.2, -0.15) is 0 Å². The van der Waals surface area contributed by atoms with Crippen molar-refractivity contribution in [2.75, 3.05) is 19.0 Å². The van der Waals surface area contributed by atoms with Gasteiger partial charge in [0.2, 0.25) is 0 Å². The van der Waals surface area contributed by atoms with Crippen molar-refractivity contribution in [3.05, 3.63) is 105 Å². The molecule has 0 unspecified atom stereocenters. The van der Waals surface area contributed by atoms with Crippen LogP contribution in [0.25, 0.3) is 10.9 Å². The molecule has 34 heavy (non-hydrogen) atoms. The molecule has 1 aromatic heterocycles. The fourth-order valence-electron chi connectivity index (χ4n) is 4.02. The third-order valence-corrected chi connectivity index (χ3v) is 5.99. The quantitative estimate of drug-likeness (QED) is 0.390. The number of aromatic nitrogens is 1. The van der Waals surface area contributed by atoms with Crippen LogP contribution in [0, 0.1) is 13.8 Å². The van der Waals surface area contributed by atoms with Gasteiger partial charge in [0.05, 0.1) is 19.3 Å². The topological polar surface area (TPSA) is 74.4 Å². The van der Waals surface area contributed by atoms with Gasteiger partial charge in [-0.15, -0.1) is 0 Å². The molecule has 2 amide bonds. The Morgan fingerprint density at radius 3 is 2.53 bits per heavy atom. The lowest BCUT2D eigenvalue weighted by Crippen LogP contribution is -2.37. The summed E-state index contributed by atoms with van der Waals surface area (Å²) in [5.74, 6) is 0.577. The fourth-order valence-corrected chi connectivity index (χ4v) is 4.02. The van der Waals surface area contributed by atoms with Gasteiger partial charge < -0.3 is 19.9 Å². The van der Waals surface area contributed by atoms with Gasteiger partial charge in [-0.25, -0.2) is 4.79 Å². The summed E-state index contributed by atoms with van der Waals surface area (Å²) in [7, 11) is 1.57. The lowest BCUT2D eigenvalue weighted by Gasteiger charge is -2.24. The summed E-state index contributed by atoms with van der Waals surface area (Å²) in [6, 6.07) is 22.9. The smallest absolute Gasteiger partial charge is 0.322 e. The predicted octanol–water partition coefficient (Wildman–Crippen LogP) is 5.43. The SMILES string of the molecule is COc1ccccc1NC(=O)N(CCc1ccccc1C)Cc1cc2ccc(C)cc2[nH]c1=O. The second kappa shape index (κ2) is 10.3. The second-order valence-corrected chi connectivity index (χ2v) is 8.44. The number of rotatable bonds is 7. The largest absolute Gasteiger partial charge is 0.495 e. The molecule has 4 aromatic rings. The van der Waals surface area contributed by atoms with Gasteiger partial charge in [0.1, 0.15) is 5.75 Å². The van der Waals surface area contributed by atoms with Crippen molar-refractivity contribution < 1.29 is 9.53 Å². The summed E-state index contributed by atoms with van der Waals surface area (Å²) >= 11 is 0. The standard InChI is InChI=1S/C28H29N3O3/c1-19-12-13-22-17-23(27(32)29-25(22)16-19)18-31(15-14-21-9-5-4-8-20(21)2)28(33)30-24-10-6-7-11-26(24)34-3/h4-13,16-17H,14-15,18H2,1-3H3,(H,29,32)(H,30,33). The number of carbonyl (C=O) groups excluding carboxylic acids is 1. The Morgan fingerprint density at radius 1 is 0.971 bits per heavy atom. The van der Waals surface area contributed by atoms with Crippen LogP contribution in [0.1, 0.15) is 22.3 Å². The Hall–Kier alpha value is -4.06. The second-order valence-electron chi connectivity index (χ2n) is 8.44. The number of carbonyl (C=O) groups is 1. The first kappa shape index (κ1) is 23.1. The molecule has 0 spiro atoms. The van der Waals surface area contributed by atoms with E-state index in [1.54, 1.807) is 24.1 Å². The number of pyridine rings is 1. The molecular formula is C28H29N3O3. The lowest BCUT2D eigenvalue weighted by molar-refractivity contribution is 0.209. The minimum atomic E-state index is -0.290. The number of hydrogen-bond donors (Lipinski definition) is 2. The molecule has 1 heterocycles. The van der Waals surface area contributed by atoms with E-state index in [2.05, 4.69) is 29.4 Å². The van der Waals surface area contributed by atoms with Crippen LogP contribution in [0.2, 0.25) is 0 Å². The van der Waals surface area contributed by atoms with Gasteiger partial charge in [-0.1, -0.05) is 48.5 Å². The molecule has 0 atom stereocenters. The Morgan fingerprint density at radius 2 is 1.74 bits per heavy atom. The van der Waals surface area contributed by atoms with Crippen LogP contribution < -0.4 is 15.6 Å². The fraction of sp³-hybridized carbons (Fsp3) is 0.214. The zero-order valence-corrected chi connectivity index (χ0v) is 19.7. The zero-order chi connectivity index (χ0) is 24.1. The Balaban J connectivity index is 1.62. The molecule has 3 aromatic carbocycles. The molecule has 0 saturated heterocycles. The molecule has 2 N–H and O–H groups in total. The Bertz CT molecular complexity index is 1380. The maximum atomic E-state index is 13.4. The Kier molecular flexibility index (Phi) is 6.97. The van der Waals surface area contributed by atoms with Crippen molar-refractivity contribution in [3.63, 3.8) is 0 Å². The van der Waals surface area contributed by atoms with Crippen LogP contribution in [0.3, 0.4) is 0 Å². The van der Waals surface area contributed by atoms with E-state index in [0.29, 0.717) is 30.0 Å². The number of methoxy groups -OCH3 is 1. The third kappa shape index (κ3) is 5.29. The van der Waals surface area contributed by atoms with Crippen LogP contribution >= 0.6 is 0 Å². The van der Waals surface area contributed by atoms with E-state index < -0.39 is 0 Å². The van der Waals surface area contributed by atoms with E-state index in [4.69, 9.17) is 4.74 Å².